The Morgan fingerprint density at radius 3 is 2.78 bits per heavy atom. The number of rotatable bonds is 5. The van der Waals surface area contributed by atoms with Crippen molar-refractivity contribution in [1.82, 2.24) is 15.2 Å². The van der Waals surface area contributed by atoms with Crippen molar-refractivity contribution < 1.29 is 4.79 Å². The van der Waals surface area contributed by atoms with Crippen molar-refractivity contribution >= 4 is 34.1 Å². The largest absolute Gasteiger partial charge is 0.300 e. The second-order valence-corrected chi connectivity index (χ2v) is 8.98. The zero-order chi connectivity index (χ0) is 19.2. The van der Waals surface area contributed by atoms with Crippen LogP contribution >= 0.6 is 23.1 Å². The van der Waals surface area contributed by atoms with E-state index in [4.69, 9.17) is 4.98 Å². The first-order valence-electron chi connectivity index (χ1n) is 9.31. The number of pyridine rings is 1. The van der Waals surface area contributed by atoms with E-state index >= 15 is 0 Å². The van der Waals surface area contributed by atoms with E-state index < -0.39 is 0 Å². The number of amides is 1. The number of thioether (sulfide) groups is 1. The summed E-state index contributed by atoms with van der Waals surface area (Å²) < 4.78 is 0. The van der Waals surface area contributed by atoms with Gasteiger partial charge in [-0.05, 0) is 50.7 Å². The highest BCUT2D eigenvalue weighted by Crippen LogP contribution is 2.31. The lowest BCUT2D eigenvalue weighted by molar-refractivity contribution is -0.115. The van der Waals surface area contributed by atoms with Crippen LogP contribution in [0.2, 0.25) is 0 Å². The molecule has 1 N–H and O–H groups in total. The lowest BCUT2D eigenvalue weighted by Crippen LogP contribution is -2.25. The molecule has 142 valence electrons. The van der Waals surface area contributed by atoms with Gasteiger partial charge in [0.2, 0.25) is 11.0 Å². The summed E-state index contributed by atoms with van der Waals surface area (Å²) >= 11 is 2.72. The topological polar surface area (TPSA) is 91.6 Å². The van der Waals surface area contributed by atoms with Gasteiger partial charge in [-0.1, -0.05) is 42.9 Å². The van der Waals surface area contributed by atoms with Crippen LogP contribution in [0.3, 0.4) is 0 Å². The second-order valence-electron chi connectivity index (χ2n) is 6.60. The fourth-order valence-electron chi connectivity index (χ4n) is 3.13. The molecule has 27 heavy (non-hydrogen) atoms. The molecule has 0 fully saturated rings. The zero-order valence-electron chi connectivity index (χ0n) is 15.6. The fourth-order valence-corrected chi connectivity index (χ4v) is 4.72. The Bertz CT molecular complexity index is 858. The highest BCUT2D eigenvalue weighted by atomic mass is 32.2. The Hall–Kier alpha value is -1.98. The number of nitrogens with zero attached hydrogens (tertiary/aromatic N) is 4. The summed E-state index contributed by atoms with van der Waals surface area (Å²) in [5.41, 5.74) is 2.85. The number of hydrogen-bond acceptors (Lipinski definition) is 7. The van der Waals surface area contributed by atoms with Gasteiger partial charge in [-0.25, -0.2) is 4.98 Å². The second kappa shape index (κ2) is 9.29. The molecule has 0 saturated heterocycles. The number of nitrogens with one attached hydrogen (secondary N) is 1. The molecule has 1 aliphatic carbocycles. The average molecular weight is 402 g/mol. The standard InChI is InChI=1S/C19H23N5OS2/c1-3-16(17(25)22-19-24-23-12(2)26-19)27-18-14(11-20)10-13-8-6-4-5-7-9-15(13)21-18/h10,16H,3-9H2,1-2H3,(H,22,24,25). The van der Waals surface area contributed by atoms with E-state index in [-0.39, 0.29) is 11.2 Å². The molecular formula is C19H23N5OS2. The van der Waals surface area contributed by atoms with E-state index in [1.165, 1.54) is 41.5 Å². The van der Waals surface area contributed by atoms with Gasteiger partial charge in [-0.3, -0.25) is 10.1 Å². The molecule has 0 radical (unpaired) electrons. The molecule has 1 atom stereocenters. The molecule has 6 nitrogen and oxygen atoms in total. The molecule has 1 aliphatic rings. The minimum absolute atomic E-state index is 0.129. The minimum atomic E-state index is -0.333. The number of fused-ring (bicyclic) bond motifs is 1. The number of hydrogen-bond donors (Lipinski definition) is 1. The van der Waals surface area contributed by atoms with Crippen LogP contribution in [-0.4, -0.2) is 26.3 Å². The van der Waals surface area contributed by atoms with Crippen molar-refractivity contribution in [3.63, 3.8) is 0 Å². The zero-order valence-corrected chi connectivity index (χ0v) is 17.3. The quantitative estimate of drug-likeness (QED) is 0.752. The Labute approximate surface area is 167 Å². The highest BCUT2D eigenvalue weighted by Gasteiger charge is 2.23. The van der Waals surface area contributed by atoms with Crippen molar-refractivity contribution in [2.45, 2.75) is 69.1 Å². The normalized spacial score (nSPS) is 15.1. The Morgan fingerprint density at radius 2 is 2.11 bits per heavy atom. The van der Waals surface area contributed by atoms with Crippen molar-refractivity contribution in [3.05, 3.63) is 27.9 Å². The van der Waals surface area contributed by atoms with E-state index in [2.05, 4.69) is 21.6 Å². The third-order valence-electron chi connectivity index (χ3n) is 4.56. The molecule has 0 bridgehead atoms. The third kappa shape index (κ3) is 5.05. The minimum Gasteiger partial charge on any atom is -0.300 e. The maximum Gasteiger partial charge on any atom is 0.239 e. The number of carbonyl (C=O) groups excluding carboxylic acids is 1. The Kier molecular flexibility index (Phi) is 6.80. The summed E-state index contributed by atoms with van der Waals surface area (Å²) in [7, 11) is 0. The Morgan fingerprint density at radius 1 is 1.33 bits per heavy atom. The molecule has 0 aromatic carbocycles. The van der Waals surface area contributed by atoms with Crippen LogP contribution in [0.1, 0.15) is 60.9 Å². The lowest BCUT2D eigenvalue weighted by Gasteiger charge is -2.17. The maximum absolute atomic E-state index is 12.6. The lowest BCUT2D eigenvalue weighted by atomic mass is 9.96. The molecule has 2 heterocycles. The molecule has 1 unspecified atom stereocenters. The van der Waals surface area contributed by atoms with Gasteiger partial charge in [0, 0.05) is 5.69 Å². The van der Waals surface area contributed by atoms with Gasteiger partial charge in [0.05, 0.1) is 10.8 Å². The summed E-state index contributed by atoms with van der Waals surface area (Å²) in [6.07, 6.45) is 7.30. The van der Waals surface area contributed by atoms with Gasteiger partial charge in [0.1, 0.15) is 16.1 Å². The SMILES string of the molecule is CCC(Sc1nc2c(cc1C#N)CCCCCC2)C(=O)Nc1nnc(C)s1. The predicted octanol–water partition coefficient (Wildman–Crippen LogP) is 4.28. The number of carbonyl (C=O) groups is 1. The van der Waals surface area contributed by atoms with Crippen molar-refractivity contribution in [3.8, 4) is 6.07 Å². The summed E-state index contributed by atoms with van der Waals surface area (Å²) in [6, 6.07) is 4.25. The van der Waals surface area contributed by atoms with Crippen LogP contribution in [0.15, 0.2) is 11.1 Å². The van der Waals surface area contributed by atoms with Crippen molar-refractivity contribution in [2.24, 2.45) is 0 Å². The molecule has 8 heteroatoms. The molecule has 1 amide bonds. The van der Waals surface area contributed by atoms with Gasteiger partial charge < -0.3 is 0 Å². The van der Waals surface area contributed by atoms with Gasteiger partial charge >= 0.3 is 0 Å². The predicted molar refractivity (Wildman–Crippen MR) is 108 cm³/mol. The van der Waals surface area contributed by atoms with E-state index in [0.29, 0.717) is 22.1 Å². The van der Waals surface area contributed by atoms with Gasteiger partial charge in [0.15, 0.2) is 0 Å². The fraction of sp³-hybridized carbons (Fsp3) is 0.526. The van der Waals surface area contributed by atoms with Crippen molar-refractivity contribution in [2.75, 3.05) is 5.32 Å². The van der Waals surface area contributed by atoms with Gasteiger partial charge in [0.25, 0.3) is 0 Å². The molecule has 2 aromatic rings. The van der Waals surface area contributed by atoms with Crippen LogP contribution in [-0.2, 0) is 17.6 Å². The number of nitriles is 1. The van der Waals surface area contributed by atoms with Crippen LogP contribution in [0.4, 0.5) is 5.13 Å². The maximum atomic E-state index is 12.6. The molecular weight excluding hydrogens is 378 g/mol. The molecule has 3 rings (SSSR count). The average Bonchev–Trinajstić information content (AvgIpc) is 3.05. The van der Waals surface area contributed by atoms with E-state index in [0.717, 1.165) is 36.4 Å². The molecule has 0 saturated carbocycles. The first kappa shape index (κ1) is 19.8. The van der Waals surface area contributed by atoms with E-state index in [9.17, 15) is 10.1 Å². The monoisotopic (exact) mass is 401 g/mol. The number of aryl methyl sites for hydroxylation is 3. The summed E-state index contributed by atoms with van der Waals surface area (Å²) in [5.74, 6) is -0.129. The number of aromatic nitrogens is 3. The first-order valence-corrected chi connectivity index (χ1v) is 11.0. The van der Waals surface area contributed by atoms with E-state index in [1.807, 2.05) is 19.9 Å². The van der Waals surface area contributed by atoms with Crippen LogP contribution < -0.4 is 5.32 Å². The third-order valence-corrected chi connectivity index (χ3v) is 6.68. The summed E-state index contributed by atoms with van der Waals surface area (Å²) in [5, 5.41) is 21.9. The first-order chi connectivity index (χ1) is 13.1. The summed E-state index contributed by atoms with van der Waals surface area (Å²) in [6.45, 7) is 3.81. The Balaban J connectivity index is 1.80. The van der Waals surface area contributed by atoms with Gasteiger partial charge in [-0.2, -0.15) is 5.26 Å². The smallest absolute Gasteiger partial charge is 0.239 e. The molecule has 2 aromatic heterocycles. The summed E-state index contributed by atoms with van der Waals surface area (Å²) in [4.78, 5) is 17.4. The molecule has 0 spiro atoms. The van der Waals surface area contributed by atoms with Crippen molar-refractivity contribution in [1.29, 1.82) is 5.26 Å². The number of anilines is 1. The van der Waals surface area contributed by atoms with Gasteiger partial charge in [-0.15, -0.1) is 10.2 Å². The highest BCUT2D eigenvalue weighted by molar-refractivity contribution is 8.00. The van der Waals surface area contributed by atoms with E-state index in [1.54, 1.807) is 0 Å². The van der Waals surface area contributed by atoms with Crippen LogP contribution in [0, 0.1) is 18.3 Å². The van der Waals surface area contributed by atoms with Crippen LogP contribution in [0.25, 0.3) is 0 Å². The molecule has 0 aliphatic heterocycles. The van der Waals surface area contributed by atoms with Crippen LogP contribution in [0.5, 0.6) is 0 Å².